The number of thiazole rings is 1. The molecule has 0 saturated carbocycles. The maximum absolute atomic E-state index is 12.0. The van der Waals surface area contributed by atoms with Gasteiger partial charge in [0.1, 0.15) is 0 Å². The summed E-state index contributed by atoms with van der Waals surface area (Å²) in [6, 6.07) is 10.3. The number of halogens is 1. The van der Waals surface area contributed by atoms with Gasteiger partial charge in [0.25, 0.3) is 0 Å². The molecule has 1 fully saturated rings. The topological polar surface area (TPSA) is 54.0 Å². The van der Waals surface area contributed by atoms with Crippen LogP contribution < -0.4 is 10.6 Å². The highest BCUT2D eigenvalue weighted by atomic mass is 35.5. The van der Waals surface area contributed by atoms with Crippen LogP contribution >= 0.6 is 35.5 Å². The molecule has 1 aliphatic heterocycles. The number of amides is 1. The molecule has 1 unspecified atom stereocenters. The van der Waals surface area contributed by atoms with E-state index in [1.165, 1.54) is 11.3 Å². The second kappa shape index (κ2) is 8.53. The monoisotopic (exact) mass is 355 g/mol. The number of nitrogens with zero attached hydrogens (tertiary/aromatic N) is 1. The first-order valence-electron chi connectivity index (χ1n) is 6.93. The Balaban J connectivity index is 0.00000176. The molecule has 2 aromatic rings. The second-order valence-corrected chi connectivity index (χ2v) is 6.89. The van der Waals surface area contributed by atoms with Crippen LogP contribution in [-0.4, -0.2) is 35.0 Å². The van der Waals surface area contributed by atoms with E-state index in [-0.39, 0.29) is 24.4 Å². The van der Waals surface area contributed by atoms with Gasteiger partial charge in [-0.25, -0.2) is 4.98 Å². The highest BCUT2D eigenvalue weighted by molar-refractivity contribution is 7.99. The predicted molar refractivity (Wildman–Crippen MR) is 97.2 cm³/mol. The lowest BCUT2D eigenvalue weighted by atomic mass is 10.2. The molecule has 0 bridgehead atoms. The van der Waals surface area contributed by atoms with Gasteiger partial charge in [0, 0.05) is 41.5 Å². The van der Waals surface area contributed by atoms with Crippen molar-refractivity contribution in [3.8, 4) is 11.3 Å². The molecule has 1 saturated heterocycles. The molecule has 2 N–H and O–H groups in total. The van der Waals surface area contributed by atoms with Crippen LogP contribution in [0.5, 0.6) is 0 Å². The first-order chi connectivity index (χ1) is 10.3. The molecule has 0 spiro atoms. The molecule has 0 aliphatic carbocycles. The van der Waals surface area contributed by atoms with Crippen molar-refractivity contribution in [3.63, 3.8) is 0 Å². The summed E-state index contributed by atoms with van der Waals surface area (Å²) in [5.41, 5.74) is 1.97. The second-order valence-electron chi connectivity index (χ2n) is 4.88. The smallest absolute Gasteiger partial charge is 0.227 e. The Labute approximate surface area is 144 Å². The van der Waals surface area contributed by atoms with Crippen LogP contribution in [0.4, 0.5) is 5.13 Å². The Kier molecular flexibility index (Phi) is 6.70. The van der Waals surface area contributed by atoms with Crippen molar-refractivity contribution in [1.29, 1.82) is 0 Å². The van der Waals surface area contributed by atoms with Gasteiger partial charge < -0.3 is 10.6 Å². The number of rotatable bonds is 4. The maximum Gasteiger partial charge on any atom is 0.227 e. The minimum absolute atomic E-state index is 0. The molecule has 0 radical (unpaired) electrons. The summed E-state index contributed by atoms with van der Waals surface area (Å²) >= 11 is 3.36. The van der Waals surface area contributed by atoms with Crippen LogP contribution in [0.2, 0.25) is 0 Å². The minimum atomic E-state index is 0. The molecule has 7 heteroatoms. The first-order valence-corrected chi connectivity index (χ1v) is 8.96. The highest BCUT2D eigenvalue weighted by Gasteiger charge is 2.17. The van der Waals surface area contributed by atoms with Gasteiger partial charge in [-0.15, -0.1) is 23.7 Å². The van der Waals surface area contributed by atoms with Gasteiger partial charge in [0.15, 0.2) is 5.13 Å². The number of carbonyl (C=O) groups excluding carboxylic acids is 1. The Morgan fingerprint density at radius 2 is 2.18 bits per heavy atom. The summed E-state index contributed by atoms with van der Waals surface area (Å²) in [4.78, 5) is 16.5. The van der Waals surface area contributed by atoms with E-state index in [9.17, 15) is 4.79 Å². The van der Waals surface area contributed by atoms with E-state index in [0.717, 1.165) is 29.3 Å². The van der Waals surface area contributed by atoms with Gasteiger partial charge in [-0.2, -0.15) is 11.8 Å². The summed E-state index contributed by atoms with van der Waals surface area (Å²) < 4.78 is 0. The number of carbonyl (C=O) groups is 1. The summed E-state index contributed by atoms with van der Waals surface area (Å²) in [5.74, 6) is 2.16. The number of thioether (sulfide) groups is 1. The molecule has 2 heterocycles. The van der Waals surface area contributed by atoms with E-state index in [1.54, 1.807) is 0 Å². The molecular formula is C15H18ClN3OS2. The van der Waals surface area contributed by atoms with Gasteiger partial charge in [-0.1, -0.05) is 30.3 Å². The van der Waals surface area contributed by atoms with Crippen molar-refractivity contribution < 1.29 is 4.79 Å². The minimum Gasteiger partial charge on any atom is -0.312 e. The predicted octanol–water partition coefficient (Wildman–Crippen LogP) is 3.27. The van der Waals surface area contributed by atoms with Crippen LogP contribution in [0.25, 0.3) is 11.3 Å². The van der Waals surface area contributed by atoms with Crippen LogP contribution in [0, 0.1) is 0 Å². The van der Waals surface area contributed by atoms with E-state index in [4.69, 9.17) is 0 Å². The fraction of sp³-hybridized carbons (Fsp3) is 0.333. The summed E-state index contributed by atoms with van der Waals surface area (Å²) in [6.07, 6.45) is 0.507. The number of aromatic nitrogens is 1. The number of benzene rings is 1. The van der Waals surface area contributed by atoms with Gasteiger partial charge in [-0.3, -0.25) is 4.79 Å². The number of hydrogen-bond donors (Lipinski definition) is 2. The van der Waals surface area contributed by atoms with Gasteiger partial charge in [0.05, 0.1) is 5.69 Å². The average Bonchev–Trinajstić information content (AvgIpc) is 2.97. The van der Waals surface area contributed by atoms with Crippen LogP contribution in [-0.2, 0) is 4.79 Å². The van der Waals surface area contributed by atoms with E-state index in [2.05, 4.69) is 15.6 Å². The Morgan fingerprint density at radius 3 is 2.91 bits per heavy atom. The summed E-state index contributed by atoms with van der Waals surface area (Å²) in [5, 5.41) is 8.91. The molecule has 1 aromatic carbocycles. The first kappa shape index (κ1) is 17.3. The van der Waals surface area contributed by atoms with Crippen molar-refractivity contribution in [2.24, 2.45) is 0 Å². The summed E-state index contributed by atoms with van der Waals surface area (Å²) in [7, 11) is 0. The van der Waals surface area contributed by atoms with Crippen LogP contribution in [0.1, 0.15) is 6.42 Å². The third-order valence-corrected chi connectivity index (χ3v) is 5.14. The van der Waals surface area contributed by atoms with Crippen LogP contribution in [0.3, 0.4) is 0 Å². The van der Waals surface area contributed by atoms with E-state index in [1.807, 2.05) is 47.5 Å². The lowest BCUT2D eigenvalue weighted by molar-refractivity contribution is -0.116. The molecule has 1 amide bonds. The van der Waals surface area contributed by atoms with Crippen molar-refractivity contribution in [3.05, 3.63) is 35.7 Å². The normalized spacial score (nSPS) is 17.5. The van der Waals surface area contributed by atoms with Gasteiger partial charge >= 0.3 is 0 Å². The zero-order valence-corrected chi connectivity index (χ0v) is 14.4. The van der Waals surface area contributed by atoms with E-state index >= 15 is 0 Å². The summed E-state index contributed by atoms with van der Waals surface area (Å²) in [6.45, 7) is 0.984. The molecular weight excluding hydrogens is 338 g/mol. The molecule has 1 aliphatic rings. The third kappa shape index (κ3) is 4.71. The fourth-order valence-electron chi connectivity index (χ4n) is 2.22. The van der Waals surface area contributed by atoms with Gasteiger partial charge in [0.2, 0.25) is 5.91 Å². The van der Waals surface area contributed by atoms with Crippen molar-refractivity contribution in [1.82, 2.24) is 10.3 Å². The standard InChI is InChI=1S/C15H17N3OS2.ClH/c19-14(8-12-9-20-7-6-16-12)18-15-17-13(10-21-15)11-4-2-1-3-5-11;/h1-5,10,12,16H,6-9H2,(H,17,18,19);1H. The van der Waals surface area contributed by atoms with Crippen molar-refractivity contribution in [2.45, 2.75) is 12.5 Å². The number of hydrogen-bond acceptors (Lipinski definition) is 5. The molecule has 3 rings (SSSR count). The van der Waals surface area contributed by atoms with Crippen molar-refractivity contribution in [2.75, 3.05) is 23.4 Å². The van der Waals surface area contributed by atoms with E-state index in [0.29, 0.717) is 11.6 Å². The van der Waals surface area contributed by atoms with Crippen molar-refractivity contribution >= 4 is 46.5 Å². The molecule has 1 atom stereocenters. The fourth-order valence-corrected chi connectivity index (χ4v) is 3.90. The lowest BCUT2D eigenvalue weighted by Gasteiger charge is -2.22. The molecule has 118 valence electrons. The molecule has 22 heavy (non-hydrogen) atoms. The zero-order valence-electron chi connectivity index (χ0n) is 12.0. The number of anilines is 1. The maximum atomic E-state index is 12.0. The quantitative estimate of drug-likeness (QED) is 0.883. The van der Waals surface area contributed by atoms with Gasteiger partial charge in [-0.05, 0) is 0 Å². The largest absolute Gasteiger partial charge is 0.312 e. The lowest BCUT2D eigenvalue weighted by Crippen LogP contribution is -2.39. The zero-order chi connectivity index (χ0) is 14.5. The highest BCUT2D eigenvalue weighted by Crippen LogP contribution is 2.24. The Morgan fingerprint density at radius 1 is 1.36 bits per heavy atom. The van der Waals surface area contributed by atoms with E-state index < -0.39 is 0 Å². The van der Waals surface area contributed by atoms with Crippen LogP contribution in [0.15, 0.2) is 35.7 Å². The Hall–Kier alpha value is -1.08. The Bertz CT molecular complexity index is 600. The molecule has 4 nitrogen and oxygen atoms in total. The third-order valence-electron chi connectivity index (χ3n) is 3.25. The number of nitrogens with one attached hydrogen (secondary N) is 2. The molecule has 1 aromatic heterocycles. The SMILES string of the molecule is Cl.O=C(CC1CSCCN1)Nc1nc(-c2ccccc2)cs1. The average molecular weight is 356 g/mol.